The van der Waals surface area contributed by atoms with Crippen molar-refractivity contribution in [3.63, 3.8) is 0 Å². The maximum Gasteiger partial charge on any atom is 0.193 e. The van der Waals surface area contributed by atoms with Gasteiger partial charge in [-0.25, -0.2) is 0 Å². The van der Waals surface area contributed by atoms with Gasteiger partial charge in [-0.15, -0.1) is 24.0 Å². The number of likely N-dealkylation sites (tertiary alicyclic amines) is 1. The molecule has 1 saturated heterocycles. The second kappa shape index (κ2) is 11.3. The summed E-state index contributed by atoms with van der Waals surface area (Å²) in [4.78, 5) is 9.11. The highest BCUT2D eigenvalue weighted by molar-refractivity contribution is 14.0. The van der Waals surface area contributed by atoms with Gasteiger partial charge in [0.15, 0.2) is 5.96 Å². The number of nitrogens with zero attached hydrogens (tertiary/aromatic N) is 4. The smallest absolute Gasteiger partial charge is 0.193 e. The van der Waals surface area contributed by atoms with Gasteiger partial charge in [-0.05, 0) is 50.9 Å². The van der Waals surface area contributed by atoms with E-state index in [-0.39, 0.29) is 24.0 Å². The molecule has 7 heteroatoms. The van der Waals surface area contributed by atoms with Crippen LogP contribution >= 0.6 is 35.6 Å². The van der Waals surface area contributed by atoms with Gasteiger partial charge in [0.1, 0.15) is 0 Å². The van der Waals surface area contributed by atoms with Gasteiger partial charge >= 0.3 is 0 Å². The van der Waals surface area contributed by atoms with E-state index >= 15 is 0 Å². The minimum atomic E-state index is 0. The van der Waals surface area contributed by atoms with Crippen LogP contribution in [0.1, 0.15) is 31.9 Å². The largest absolute Gasteiger partial charge is 0.356 e. The number of piperidine rings is 1. The van der Waals surface area contributed by atoms with Crippen LogP contribution in [0.15, 0.2) is 17.3 Å². The summed E-state index contributed by atoms with van der Waals surface area (Å²) in [6.45, 7) is 7.78. The van der Waals surface area contributed by atoms with Crippen molar-refractivity contribution >= 4 is 41.5 Å². The molecule has 5 nitrogen and oxygen atoms in total. The van der Waals surface area contributed by atoms with Crippen molar-refractivity contribution in [2.24, 2.45) is 18.0 Å². The Balaban J connectivity index is 0.00000312. The third kappa shape index (κ3) is 7.35. The Kier molecular flexibility index (Phi) is 10.2. The van der Waals surface area contributed by atoms with E-state index in [0.717, 1.165) is 36.4 Å². The van der Waals surface area contributed by atoms with Crippen LogP contribution in [0.2, 0.25) is 5.02 Å². The predicted molar refractivity (Wildman–Crippen MR) is 118 cm³/mol. The van der Waals surface area contributed by atoms with Crippen molar-refractivity contribution in [3.05, 3.63) is 23.0 Å². The molecule has 1 aromatic rings. The highest BCUT2D eigenvalue weighted by Gasteiger charge is 2.15. The number of guanidine groups is 1. The zero-order valence-electron chi connectivity index (χ0n) is 16.0. The molecule has 0 radical (unpaired) electrons. The molecule has 1 aliphatic rings. The molecule has 1 aliphatic heterocycles. The number of hydrogen-bond acceptors (Lipinski definition) is 2. The summed E-state index contributed by atoms with van der Waals surface area (Å²) in [5.74, 6) is 1.83. The van der Waals surface area contributed by atoms with E-state index in [9.17, 15) is 0 Å². The first-order chi connectivity index (χ1) is 11.5. The maximum absolute atomic E-state index is 6.06. The number of aryl methyl sites for hydroxylation is 1. The molecule has 1 aromatic heterocycles. The third-order valence-corrected chi connectivity index (χ3v) is 5.06. The summed E-state index contributed by atoms with van der Waals surface area (Å²) in [5, 5.41) is 4.25. The molecule has 1 N–H and O–H groups in total. The third-order valence-electron chi connectivity index (χ3n) is 4.86. The van der Waals surface area contributed by atoms with Gasteiger partial charge in [-0.2, -0.15) is 0 Å². The van der Waals surface area contributed by atoms with Crippen molar-refractivity contribution < 1.29 is 0 Å². The normalized spacial score (nSPS) is 16.6. The van der Waals surface area contributed by atoms with Gasteiger partial charge in [-0.1, -0.05) is 18.5 Å². The molecule has 1 fully saturated rings. The molecule has 0 amide bonds. The highest BCUT2D eigenvalue weighted by atomic mass is 127. The first-order valence-electron chi connectivity index (χ1n) is 8.94. The summed E-state index contributed by atoms with van der Waals surface area (Å²) in [7, 11) is 5.91. The van der Waals surface area contributed by atoms with Crippen molar-refractivity contribution in [2.75, 3.05) is 40.3 Å². The van der Waals surface area contributed by atoms with Gasteiger partial charge < -0.3 is 19.7 Å². The minimum absolute atomic E-state index is 0. The Hall–Kier alpha value is -0.470. The molecule has 0 bridgehead atoms. The lowest BCUT2D eigenvalue weighted by Crippen LogP contribution is -2.40. The van der Waals surface area contributed by atoms with Crippen LogP contribution < -0.4 is 5.32 Å². The van der Waals surface area contributed by atoms with Crippen LogP contribution in [0.25, 0.3) is 0 Å². The molecule has 2 rings (SSSR count). The number of aliphatic imine (C=N–C) groups is 1. The number of hydrogen-bond donors (Lipinski definition) is 1. The van der Waals surface area contributed by atoms with E-state index < -0.39 is 0 Å². The highest BCUT2D eigenvalue weighted by Crippen LogP contribution is 2.16. The summed E-state index contributed by atoms with van der Waals surface area (Å²) in [5.41, 5.74) is 1.17. The topological polar surface area (TPSA) is 35.8 Å². The van der Waals surface area contributed by atoms with Crippen LogP contribution in [-0.2, 0) is 13.6 Å². The van der Waals surface area contributed by atoms with Crippen molar-refractivity contribution in [1.82, 2.24) is 19.7 Å². The van der Waals surface area contributed by atoms with Crippen LogP contribution in [0, 0.1) is 5.92 Å². The Labute approximate surface area is 174 Å². The van der Waals surface area contributed by atoms with E-state index in [2.05, 4.69) is 38.6 Å². The molecule has 0 aliphatic carbocycles. The fraction of sp³-hybridized carbons (Fsp3) is 0.722. The molecular weight excluding hydrogens is 449 g/mol. The summed E-state index contributed by atoms with van der Waals surface area (Å²) in [6, 6.07) is 2.00. The summed E-state index contributed by atoms with van der Waals surface area (Å²) >= 11 is 6.06. The maximum atomic E-state index is 6.06. The second-order valence-electron chi connectivity index (χ2n) is 6.97. The lowest BCUT2D eigenvalue weighted by atomic mass is 9.99. The Bertz CT molecular complexity index is 538. The fourth-order valence-corrected chi connectivity index (χ4v) is 3.49. The van der Waals surface area contributed by atoms with E-state index in [1.165, 1.54) is 38.2 Å². The fourth-order valence-electron chi connectivity index (χ4n) is 3.21. The molecule has 2 heterocycles. The summed E-state index contributed by atoms with van der Waals surface area (Å²) in [6.07, 6.45) is 5.77. The Morgan fingerprint density at radius 2 is 2.08 bits per heavy atom. The van der Waals surface area contributed by atoms with Crippen LogP contribution in [0.4, 0.5) is 0 Å². The molecule has 0 spiro atoms. The summed E-state index contributed by atoms with van der Waals surface area (Å²) < 4.78 is 2.06. The molecule has 0 aromatic carbocycles. The quantitative estimate of drug-likeness (QED) is 0.293. The molecular formula is C18H33ClIN5. The zero-order valence-corrected chi connectivity index (χ0v) is 19.1. The van der Waals surface area contributed by atoms with Crippen molar-refractivity contribution in [2.45, 2.75) is 32.7 Å². The standard InChI is InChI=1S/C18H32ClN5.HI/c1-15-6-10-24(11-7-15)9-5-8-21-18(20-2)23(4)14-17-12-16(19)13-22(17)3;/h12-13,15H,5-11,14H2,1-4H3,(H,20,21);1H. The van der Waals surface area contributed by atoms with Crippen LogP contribution in [0.5, 0.6) is 0 Å². The molecule has 0 saturated carbocycles. The number of halogens is 2. The van der Waals surface area contributed by atoms with Gasteiger partial charge in [0, 0.05) is 39.6 Å². The van der Waals surface area contributed by atoms with E-state index in [1.54, 1.807) is 0 Å². The Morgan fingerprint density at radius 1 is 1.40 bits per heavy atom. The van der Waals surface area contributed by atoms with Gasteiger partial charge in [0.05, 0.1) is 11.6 Å². The van der Waals surface area contributed by atoms with Crippen molar-refractivity contribution in [3.8, 4) is 0 Å². The molecule has 144 valence electrons. The first-order valence-corrected chi connectivity index (χ1v) is 9.32. The van der Waals surface area contributed by atoms with E-state index in [1.807, 2.05) is 26.4 Å². The van der Waals surface area contributed by atoms with Crippen molar-refractivity contribution in [1.29, 1.82) is 0 Å². The Morgan fingerprint density at radius 3 is 2.64 bits per heavy atom. The first kappa shape index (κ1) is 22.6. The predicted octanol–water partition coefficient (Wildman–Crippen LogP) is 3.43. The molecule has 0 unspecified atom stereocenters. The number of rotatable bonds is 6. The second-order valence-corrected chi connectivity index (χ2v) is 7.40. The average molecular weight is 482 g/mol. The lowest BCUT2D eigenvalue weighted by Gasteiger charge is -2.30. The van der Waals surface area contributed by atoms with E-state index in [0.29, 0.717) is 0 Å². The average Bonchev–Trinajstić information content (AvgIpc) is 2.86. The monoisotopic (exact) mass is 481 g/mol. The number of aromatic nitrogens is 1. The van der Waals surface area contributed by atoms with Gasteiger partial charge in [0.25, 0.3) is 0 Å². The minimum Gasteiger partial charge on any atom is -0.356 e. The van der Waals surface area contributed by atoms with Crippen LogP contribution in [-0.4, -0.2) is 60.6 Å². The SMILES string of the molecule is CN=C(NCCCN1CCC(C)CC1)N(C)Cc1cc(Cl)cn1C.I. The van der Waals surface area contributed by atoms with E-state index in [4.69, 9.17) is 11.6 Å². The zero-order chi connectivity index (χ0) is 17.5. The number of nitrogens with one attached hydrogen (secondary N) is 1. The van der Waals surface area contributed by atoms with Gasteiger partial charge in [0.2, 0.25) is 0 Å². The van der Waals surface area contributed by atoms with Crippen LogP contribution in [0.3, 0.4) is 0 Å². The van der Waals surface area contributed by atoms with Gasteiger partial charge in [-0.3, -0.25) is 4.99 Å². The lowest BCUT2D eigenvalue weighted by molar-refractivity contribution is 0.191. The molecule has 25 heavy (non-hydrogen) atoms. The molecule has 0 atom stereocenters.